The summed E-state index contributed by atoms with van der Waals surface area (Å²) in [4.78, 5) is 34.4. The maximum atomic E-state index is 11.7. The lowest BCUT2D eigenvalue weighted by Gasteiger charge is -2.31. The summed E-state index contributed by atoms with van der Waals surface area (Å²) in [6, 6.07) is 0. The summed E-state index contributed by atoms with van der Waals surface area (Å²) in [5.41, 5.74) is 0. The Kier molecular flexibility index (Phi) is 2.96. The highest BCUT2D eigenvalue weighted by Gasteiger charge is 2.68. The molecule has 2 aliphatic carbocycles. The van der Waals surface area contributed by atoms with Crippen LogP contribution in [-0.2, 0) is 23.9 Å². The molecule has 2 saturated carbocycles. The van der Waals surface area contributed by atoms with Gasteiger partial charge in [-0.25, -0.2) is 0 Å². The standard InChI is InChI=1S/C12H14O6S/c13-6(1-2-19)17-9-4-3-5-8(7(4)11(14)15)12(16)18-10(5)9/h4-5,7-10,19H,1-3H2,(H,14,15)/p-1. The highest BCUT2D eigenvalue weighted by Crippen LogP contribution is 2.58. The number of carbonyl (C=O) groups excluding carboxylic acids is 3. The van der Waals surface area contributed by atoms with Gasteiger partial charge in [0.15, 0.2) is 0 Å². The number of thiol groups is 1. The number of fused-ring (bicyclic) bond motifs is 1. The van der Waals surface area contributed by atoms with Gasteiger partial charge in [-0.3, -0.25) is 9.59 Å². The minimum Gasteiger partial charge on any atom is -0.550 e. The number of aliphatic carboxylic acids is 1. The molecule has 0 N–H and O–H groups in total. The average Bonchev–Trinajstić information content (AvgIpc) is 2.92. The minimum atomic E-state index is -1.26. The zero-order valence-corrected chi connectivity index (χ0v) is 10.9. The van der Waals surface area contributed by atoms with E-state index in [2.05, 4.69) is 12.6 Å². The maximum absolute atomic E-state index is 11.7. The first-order chi connectivity index (χ1) is 9.04. The monoisotopic (exact) mass is 285 g/mol. The molecule has 1 saturated heterocycles. The van der Waals surface area contributed by atoms with Crippen LogP contribution in [0.5, 0.6) is 0 Å². The van der Waals surface area contributed by atoms with Crippen LogP contribution in [-0.4, -0.2) is 35.9 Å². The van der Waals surface area contributed by atoms with Gasteiger partial charge in [0.05, 0.1) is 12.3 Å². The molecule has 3 rings (SSSR count). The van der Waals surface area contributed by atoms with Crippen LogP contribution >= 0.6 is 12.6 Å². The van der Waals surface area contributed by atoms with Gasteiger partial charge in [0, 0.05) is 29.5 Å². The van der Waals surface area contributed by atoms with Gasteiger partial charge >= 0.3 is 11.9 Å². The van der Waals surface area contributed by atoms with E-state index >= 15 is 0 Å². The number of rotatable bonds is 4. The predicted octanol–water partition coefficient (Wildman–Crippen LogP) is -1.22. The molecule has 0 aromatic heterocycles. The van der Waals surface area contributed by atoms with Gasteiger partial charge in [0.25, 0.3) is 0 Å². The molecule has 1 heterocycles. The smallest absolute Gasteiger partial charge is 0.310 e. The van der Waals surface area contributed by atoms with E-state index in [1.807, 2.05) is 0 Å². The van der Waals surface area contributed by atoms with Crippen LogP contribution in [0.25, 0.3) is 0 Å². The van der Waals surface area contributed by atoms with E-state index in [0.717, 1.165) is 0 Å². The Hall–Kier alpha value is -1.24. The lowest BCUT2D eigenvalue weighted by molar-refractivity contribution is -0.315. The summed E-state index contributed by atoms with van der Waals surface area (Å²) in [6.45, 7) is 0. The molecule has 104 valence electrons. The van der Waals surface area contributed by atoms with Crippen molar-refractivity contribution in [2.45, 2.75) is 25.0 Å². The molecule has 0 radical (unpaired) electrons. The molecule has 6 nitrogen and oxygen atoms in total. The molecule has 0 aromatic carbocycles. The third-order valence-electron chi connectivity index (χ3n) is 4.40. The maximum Gasteiger partial charge on any atom is 0.310 e. The number of esters is 2. The van der Waals surface area contributed by atoms with Crippen LogP contribution in [0.15, 0.2) is 0 Å². The molecule has 3 fully saturated rings. The van der Waals surface area contributed by atoms with Crippen molar-refractivity contribution in [2.75, 3.05) is 5.75 Å². The molecule has 7 heteroatoms. The highest BCUT2D eigenvalue weighted by molar-refractivity contribution is 7.80. The van der Waals surface area contributed by atoms with Gasteiger partial charge < -0.3 is 19.4 Å². The second-order valence-electron chi connectivity index (χ2n) is 5.26. The SMILES string of the molecule is O=C(CCS)OC1C2CC3C1OC(=O)C3C2C(=O)[O-]. The van der Waals surface area contributed by atoms with Crippen LogP contribution in [0.3, 0.4) is 0 Å². The van der Waals surface area contributed by atoms with Gasteiger partial charge in [0.2, 0.25) is 0 Å². The van der Waals surface area contributed by atoms with Crippen molar-refractivity contribution in [3.63, 3.8) is 0 Å². The second kappa shape index (κ2) is 4.40. The molecular weight excluding hydrogens is 272 g/mol. The summed E-state index contributed by atoms with van der Waals surface area (Å²) >= 11 is 3.94. The van der Waals surface area contributed by atoms with Crippen molar-refractivity contribution in [3.05, 3.63) is 0 Å². The first-order valence-electron chi connectivity index (χ1n) is 6.26. The van der Waals surface area contributed by atoms with E-state index < -0.39 is 42.0 Å². The van der Waals surface area contributed by atoms with Crippen LogP contribution in [0, 0.1) is 23.7 Å². The van der Waals surface area contributed by atoms with Crippen LogP contribution < -0.4 is 5.11 Å². The molecule has 2 bridgehead atoms. The summed E-state index contributed by atoms with van der Waals surface area (Å²) in [6.07, 6.45) is -0.444. The van der Waals surface area contributed by atoms with Crippen molar-refractivity contribution in [1.82, 2.24) is 0 Å². The number of carboxylic acids is 1. The molecule has 3 aliphatic rings. The summed E-state index contributed by atoms with van der Waals surface area (Å²) in [7, 11) is 0. The largest absolute Gasteiger partial charge is 0.550 e. The molecule has 1 aliphatic heterocycles. The Morgan fingerprint density at radius 2 is 2.16 bits per heavy atom. The van der Waals surface area contributed by atoms with Crippen molar-refractivity contribution in [1.29, 1.82) is 0 Å². The fourth-order valence-electron chi connectivity index (χ4n) is 3.77. The number of ether oxygens (including phenoxy) is 2. The third kappa shape index (κ3) is 1.74. The lowest BCUT2D eigenvalue weighted by Crippen LogP contribution is -2.47. The number of hydrogen-bond acceptors (Lipinski definition) is 7. The Bertz CT molecular complexity index is 450. The van der Waals surface area contributed by atoms with Gasteiger partial charge in [-0.2, -0.15) is 12.6 Å². The quantitative estimate of drug-likeness (QED) is 0.514. The molecule has 0 spiro atoms. The van der Waals surface area contributed by atoms with E-state index in [9.17, 15) is 19.5 Å². The molecule has 6 atom stereocenters. The first kappa shape index (κ1) is 12.8. The minimum absolute atomic E-state index is 0.150. The van der Waals surface area contributed by atoms with Crippen molar-refractivity contribution >= 4 is 30.5 Å². The van der Waals surface area contributed by atoms with Crippen LogP contribution in [0.2, 0.25) is 0 Å². The number of carboxylic acid groups (broad SMARTS) is 1. The molecule has 19 heavy (non-hydrogen) atoms. The van der Waals surface area contributed by atoms with E-state index in [1.165, 1.54) is 0 Å². The number of carbonyl (C=O) groups is 3. The van der Waals surface area contributed by atoms with Crippen LogP contribution in [0.4, 0.5) is 0 Å². The summed E-state index contributed by atoms with van der Waals surface area (Å²) < 4.78 is 10.5. The predicted molar refractivity (Wildman–Crippen MR) is 61.8 cm³/mol. The van der Waals surface area contributed by atoms with E-state index in [-0.39, 0.29) is 18.3 Å². The zero-order valence-electron chi connectivity index (χ0n) is 9.98. The van der Waals surface area contributed by atoms with Crippen molar-refractivity contribution < 1.29 is 29.0 Å². The Balaban J connectivity index is 1.82. The lowest BCUT2D eigenvalue weighted by atomic mass is 9.78. The van der Waals surface area contributed by atoms with E-state index in [0.29, 0.717) is 12.2 Å². The summed E-state index contributed by atoms with van der Waals surface area (Å²) in [5.74, 6) is -3.90. The fraction of sp³-hybridized carbons (Fsp3) is 0.750. The van der Waals surface area contributed by atoms with Gasteiger partial charge in [-0.15, -0.1) is 0 Å². The van der Waals surface area contributed by atoms with E-state index in [4.69, 9.17) is 9.47 Å². The fourth-order valence-corrected chi connectivity index (χ4v) is 3.95. The highest BCUT2D eigenvalue weighted by atomic mass is 32.1. The van der Waals surface area contributed by atoms with Gasteiger partial charge in [-0.1, -0.05) is 0 Å². The molecular formula is C12H13O6S-. The Morgan fingerprint density at radius 1 is 1.42 bits per heavy atom. The molecule has 0 aromatic rings. The van der Waals surface area contributed by atoms with Crippen LogP contribution in [0.1, 0.15) is 12.8 Å². The zero-order chi connectivity index (χ0) is 13.7. The topological polar surface area (TPSA) is 92.7 Å². The van der Waals surface area contributed by atoms with Crippen molar-refractivity contribution in [2.24, 2.45) is 23.7 Å². The Labute approximate surface area is 114 Å². The second-order valence-corrected chi connectivity index (χ2v) is 5.71. The Morgan fingerprint density at radius 3 is 2.79 bits per heavy atom. The molecule has 6 unspecified atom stereocenters. The average molecular weight is 285 g/mol. The normalized spacial score (nSPS) is 42.3. The third-order valence-corrected chi connectivity index (χ3v) is 4.63. The van der Waals surface area contributed by atoms with E-state index in [1.54, 1.807) is 0 Å². The van der Waals surface area contributed by atoms with Gasteiger partial charge in [-0.05, 0) is 6.42 Å². The summed E-state index contributed by atoms with van der Waals surface area (Å²) in [5, 5.41) is 11.2. The first-order valence-corrected chi connectivity index (χ1v) is 6.89. The van der Waals surface area contributed by atoms with Gasteiger partial charge in [0.1, 0.15) is 12.2 Å². The van der Waals surface area contributed by atoms with Crippen molar-refractivity contribution in [3.8, 4) is 0 Å². The molecule has 0 amide bonds. The number of hydrogen-bond donors (Lipinski definition) is 1.